The van der Waals surface area contributed by atoms with Gasteiger partial charge in [-0.05, 0) is 0 Å². The Kier molecular flexibility index (Phi) is 207. The molecule has 0 aromatic rings. The third-order valence-electron chi connectivity index (χ3n) is 0.329. The molecule has 0 aliphatic carbocycles. The van der Waals surface area contributed by atoms with Crippen LogP contribution in [-0.4, -0.2) is 12.9 Å². The van der Waals surface area contributed by atoms with Gasteiger partial charge in [0.25, 0.3) is 0 Å². The Bertz CT molecular complexity index is 46.8. The Morgan fingerprint density at radius 3 is 1.18 bits per heavy atom. The van der Waals surface area contributed by atoms with Crippen molar-refractivity contribution in [3.63, 3.8) is 0 Å². The van der Waals surface area contributed by atoms with Crippen LogP contribution in [0.25, 0.3) is 0 Å². The first-order chi connectivity index (χ1) is 5.41. The van der Waals surface area contributed by atoms with Crippen molar-refractivity contribution in [1.82, 2.24) is 0 Å². The summed E-state index contributed by atoms with van der Waals surface area (Å²) in [4.78, 5) is 0. The van der Waals surface area contributed by atoms with Crippen molar-refractivity contribution in [3.05, 3.63) is 12.7 Å². The van der Waals surface area contributed by atoms with Crippen molar-refractivity contribution in [1.29, 1.82) is 0 Å². The quantitative estimate of drug-likeness (QED) is 0.506. The summed E-state index contributed by atoms with van der Waals surface area (Å²) in [7, 11) is 0. The molecule has 0 saturated heterocycles. The van der Waals surface area contributed by atoms with Crippen LogP contribution in [0.1, 0.15) is 41.5 Å². The van der Waals surface area contributed by atoms with Crippen LogP contribution in [0.3, 0.4) is 0 Å². The minimum absolute atomic E-state index is 1.75. The van der Waals surface area contributed by atoms with Crippen molar-refractivity contribution in [3.8, 4) is 0 Å². The predicted molar refractivity (Wildman–Crippen MR) is 61.9 cm³/mol. The van der Waals surface area contributed by atoms with Gasteiger partial charge >= 0.3 is 32.4 Å². The zero-order chi connectivity index (χ0) is 10.1. The second-order valence-electron chi connectivity index (χ2n) is 0.761. The molecule has 68 valence electrons. The van der Waals surface area contributed by atoms with E-state index in [9.17, 15) is 0 Å². The molecule has 0 radical (unpaired) electrons. The number of allylic oxidation sites excluding steroid dienone is 1. The van der Waals surface area contributed by atoms with E-state index in [0.717, 1.165) is 0 Å². The average Bonchev–Trinajstić information content (AvgIpc) is 2.16. The van der Waals surface area contributed by atoms with Gasteiger partial charge < -0.3 is 0 Å². The maximum absolute atomic E-state index is 3.46. The predicted octanol–water partition coefficient (Wildman–Crippen LogP) is 3.81. The van der Waals surface area contributed by atoms with Gasteiger partial charge in [-0.3, -0.25) is 0 Å². The third-order valence-corrected chi connectivity index (χ3v) is 0.329. The summed E-state index contributed by atoms with van der Waals surface area (Å²) in [5.41, 5.74) is 0. The van der Waals surface area contributed by atoms with E-state index in [4.69, 9.17) is 0 Å². The fourth-order valence-electron chi connectivity index (χ4n) is 0.136. The van der Waals surface area contributed by atoms with Crippen LogP contribution in [0.4, 0.5) is 0 Å². The van der Waals surface area contributed by atoms with Gasteiger partial charge in [-0.1, -0.05) is 41.5 Å². The Hall–Kier alpha value is -0.325. The SMILES string of the molecule is C=CC=BC.CC.CC.CC. The van der Waals surface area contributed by atoms with E-state index in [2.05, 4.69) is 6.58 Å². The smallest absolute Gasteiger partial charge is 0.0683 e. The van der Waals surface area contributed by atoms with Gasteiger partial charge in [0, 0.05) is 0 Å². The monoisotopic (exact) mass is 156 g/mol. The first-order valence-corrected chi connectivity index (χ1v) is 4.65. The Morgan fingerprint density at radius 1 is 0.909 bits per heavy atom. The van der Waals surface area contributed by atoms with Gasteiger partial charge in [0.05, 0.1) is 0 Å². The summed E-state index contributed by atoms with van der Waals surface area (Å²) < 4.78 is 0. The molecule has 0 saturated carbocycles. The van der Waals surface area contributed by atoms with Gasteiger partial charge in [-0.15, -0.1) is 0 Å². The number of hydrogen-bond donors (Lipinski definition) is 0. The Morgan fingerprint density at radius 2 is 1.18 bits per heavy atom. The maximum Gasteiger partial charge on any atom is -0.0683 e. The molecule has 0 aromatic carbocycles. The minimum atomic E-state index is 1.75. The van der Waals surface area contributed by atoms with Gasteiger partial charge in [0.1, 0.15) is 0 Å². The largest absolute Gasteiger partial charge is 0.0683 e. The molecule has 0 aromatic heterocycles. The number of hydrogen-bond acceptors (Lipinski definition) is 0. The van der Waals surface area contributed by atoms with Crippen LogP contribution in [0.15, 0.2) is 12.7 Å². The minimum Gasteiger partial charge on any atom is -0.0683 e. The molecule has 11 heavy (non-hydrogen) atoms. The standard InChI is InChI=1S/C4H7B.3C2H6/c1-3-4-5-2;3*1-2/h3-4H,1H2,2H3;3*1-2H3. The van der Waals surface area contributed by atoms with Crippen LogP contribution in [0.5, 0.6) is 0 Å². The van der Waals surface area contributed by atoms with Gasteiger partial charge in [-0.2, -0.15) is 0 Å². The fraction of sp³-hybridized carbons (Fsp3) is 0.700. The summed E-state index contributed by atoms with van der Waals surface area (Å²) >= 11 is 0. The van der Waals surface area contributed by atoms with Crippen LogP contribution < -0.4 is 0 Å². The topological polar surface area (TPSA) is 0 Å². The van der Waals surface area contributed by atoms with E-state index >= 15 is 0 Å². The molecule has 1 heteroatoms. The molecule has 0 bridgehead atoms. The molecule has 0 N–H and O–H groups in total. The molecule has 0 aliphatic rings. The summed E-state index contributed by atoms with van der Waals surface area (Å²) in [6.07, 6.45) is 1.75. The Labute approximate surface area is 74.6 Å². The first kappa shape index (κ1) is 22.4. The van der Waals surface area contributed by atoms with E-state index in [1.807, 2.05) is 61.3 Å². The molecule has 0 spiro atoms. The molecule has 0 nitrogen and oxygen atoms in total. The maximum atomic E-state index is 3.46. The summed E-state index contributed by atoms with van der Waals surface area (Å²) in [5, 5.41) is 0. The second kappa shape index (κ2) is 102. The van der Waals surface area contributed by atoms with Crippen LogP contribution in [-0.2, 0) is 0 Å². The first-order valence-electron chi connectivity index (χ1n) is 4.65. The molecule has 0 unspecified atom stereocenters. The summed E-state index contributed by atoms with van der Waals surface area (Å²) in [6.45, 7) is 19.4. The average molecular weight is 156 g/mol. The third kappa shape index (κ3) is 203. The summed E-state index contributed by atoms with van der Waals surface area (Å²) in [6, 6.07) is 0. The van der Waals surface area contributed by atoms with Crippen molar-refractivity contribution < 1.29 is 0 Å². The second-order valence-corrected chi connectivity index (χ2v) is 0.761. The van der Waals surface area contributed by atoms with Gasteiger partial charge in [0.15, 0.2) is 0 Å². The molecular formula is C10H25B. The zero-order valence-electron chi connectivity index (χ0n) is 9.44. The van der Waals surface area contributed by atoms with Gasteiger partial charge in [-0.25, -0.2) is 0 Å². The molecule has 0 fully saturated rings. The molecule has 0 rings (SSSR count). The zero-order valence-corrected chi connectivity index (χ0v) is 9.44. The summed E-state index contributed by atoms with van der Waals surface area (Å²) in [5.74, 6) is 1.89. The normalized spacial score (nSPS) is 5.00. The van der Waals surface area contributed by atoms with Gasteiger partial charge in [0.2, 0.25) is 0 Å². The van der Waals surface area contributed by atoms with Crippen LogP contribution in [0.2, 0.25) is 6.82 Å². The van der Waals surface area contributed by atoms with E-state index < -0.39 is 0 Å². The van der Waals surface area contributed by atoms with E-state index in [1.165, 1.54) is 0 Å². The molecule has 0 atom stereocenters. The number of rotatable bonds is 1. The van der Waals surface area contributed by atoms with Crippen molar-refractivity contribution in [2.24, 2.45) is 0 Å². The molecule has 0 heterocycles. The van der Waals surface area contributed by atoms with Crippen molar-refractivity contribution in [2.45, 2.75) is 48.4 Å². The van der Waals surface area contributed by atoms with Crippen molar-refractivity contribution in [2.75, 3.05) is 0 Å². The molecular weight excluding hydrogens is 131 g/mol. The molecule has 0 aliphatic heterocycles. The fourth-order valence-corrected chi connectivity index (χ4v) is 0.136. The van der Waals surface area contributed by atoms with Crippen molar-refractivity contribution >= 4 is 12.9 Å². The van der Waals surface area contributed by atoms with Crippen LogP contribution >= 0.6 is 0 Å². The van der Waals surface area contributed by atoms with Crippen LogP contribution in [0, 0.1) is 0 Å². The Balaban J connectivity index is -0.0000000350. The van der Waals surface area contributed by atoms with E-state index in [-0.39, 0.29) is 0 Å². The van der Waals surface area contributed by atoms with E-state index in [1.54, 1.807) is 6.08 Å². The van der Waals surface area contributed by atoms with E-state index in [0.29, 0.717) is 0 Å². The molecule has 0 amide bonds.